The van der Waals surface area contributed by atoms with Crippen LogP contribution >= 0.6 is 11.8 Å². The van der Waals surface area contributed by atoms with E-state index in [2.05, 4.69) is 15.5 Å². The summed E-state index contributed by atoms with van der Waals surface area (Å²) in [4.78, 5) is 27.6. The molecule has 0 radical (unpaired) electrons. The molecule has 1 aromatic heterocycles. The summed E-state index contributed by atoms with van der Waals surface area (Å²) >= 11 is 1.13. The molecule has 1 unspecified atom stereocenters. The molecule has 2 aromatic carbocycles. The number of nitrogens with zero attached hydrogens (tertiary/aromatic N) is 4. The first-order valence-corrected chi connectivity index (χ1v) is 11.1. The number of rotatable bonds is 6. The molecule has 0 bridgehead atoms. The lowest BCUT2D eigenvalue weighted by atomic mass is 9.96. The van der Waals surface area contributed by atoms with E-state index < -0.39 is 10.8 Å². The number of carbonyl (C=O) groups is 2. The normalized spacial score (nSPS) is 15.5. The summed E-state index contributed by atoms with van der Waals surface area (Å²) in [5.74, 6) is 6.01. The van der Waals surface area contributed by atoms with E-state index in [-0.39, 0.29) is 24.2 Å². The summed E-state index contributed by atoms with van der Waals surface area (Å²) in [5, 5.41) is 10.7. The van der Waals surface area contributed by atoms with Crippen molar-refractivity contribution in [3.63, 3.8) is 0 Å². The van der Waals surface area contributed by atoms with E-state index in [4.69, 9.17) is 10.6 Å². The molecule has 3 N–H and O–H groups in total. The zero-order valence-corrected chi connectivity index (χ0v) is 19.1. The Morgan fingerprint density at radius 1 is 1.21 bits per heavy atom. The molecule has 4 rings (SSSR count). The van der Waals surface area contributed by atoms with Gasteiger partial charge in [-0.2, -0.15) is 0 Å². The number of nitrogen functional groups attached to an aromatic ring is 1. The first-order chi connectivity index (χ1) is 15.7. The van der Waals surface area contributed by atoms with Crippen LogP contribution in [0.25, 0.3) is 0 Å². The molecular weight excluding hydrogens is 447 g/mol. The second kappa shape index (κ2) is 8.74. The number of benzene rings is 2. The van der Waals surface area contributed by atoms with Gasteiger partial charge in [0.1, 0.15) is 23.7 Å². The lowest BCUT2D eigenvalue weighted by Crippen LogP contribution is -2.60. The highest BCUT2D eigenvalue weighted by Gasteiger charge is 2.45. The number of aromatic nitrogens is 3. The van der Waals surface area contributed by atoms with Crippen LogP contribution in [0.5, 0.6) is 5.75 Å². The third-order valence-electron chi connectivity index (χ3n) is 5.27. The zero-order valence-electron chi connectivity index (χ0n) is 18.3. The SMILES string of the molecule is CC(Sc1nnc(COc2ccc(F)cc2)n1N)C(=O)N1c2ccccc2NC(=O)C1(C)C. The van der Waals surface area contributed by atoms with Crippen LogP contribution < -0.4 is 20.8 Å². The molecule has 0 saturated heterocycles. The third kappa shape index (κ3) is 4.36. The number of nitrogens with one attached hydrogen (secondary N) is 1. The number of nitrogens with two attached hydrogens (primary N) is 1. The maximum Gasteiger partial charge on any atom is 0.250 e. The van der Waals surface area contributed by atoms with E-state index in [1.54, 1.807) is 39.0 Å². The molecular formula is C22H23FN6O3S. The Balaban J connectivity index is 1.49. The molecule has 2 heterocycles. The summed E-state index contributed by atoms with van der Waals surface area (Å²) in [5.41, 5.74) is 0.127. The smallest absolute Gasteiger partial charge is 0.250 e. The maximum absolute atomic E-state index is 13.5. The van der Waals surface area contributed by atoms with Crippen molar-refractivity contribution < 1.29 is 18.7 Å². The molecule has 0 fully saturated rings. The van der Waals surface area contributed by atoms with Crippen molar-refractivity contribution in [3.05, 3.63) is 60.2 Å². The van der Waals surface area contributed by atoms with Crippen LogP contribution in [0.1, 0.15) is 26.6 Å². The highest BCUT2D eigenvalue weighted by atomic mass is 32.2. The van der Waals surface area contributed by atoms with Gasteiger partial charge in [-0.15, -0.1) is 10.2 Å². The monoisotopic (exact) mass is 470 g/mol. The van der Waals surface area contributed by atoms with E-state index in [1.165, 1.54) is 33.8 Å². The first-order valence-electron chi connectivity index (χ1n) is 10.2. The first kappa shape index (κ1) is 22.6. The van der Waals surface area contributed by atoms with Crippen LogP contribution in [0, 0.1) is 5.82 Å². The number of carbonyl (C=O) groups excluding carboxylic acids is 2. The van der Waals surface area contributed by atoms with Crippen LogP contribution in [-0.4, -0.2) is 37.5 Å². The fraction of sp³-hybridized carbons (Fsp3) is 0.273. The summed E-state index contributed by atoms with van der Waals surface area (Å²) in [6.07, 6.45) is 0. The molecule has 0 aliphatic carbocycles. The third-order valence-corrected chi connectivity index (χ3v) is 6.32. The Morgan fingerprint density at radius 2 is 1.91 bits per heavy atom. The molecule has 1 atom stereocenters. The van der Waals surface area contributed by atoms with Crippen LogP contribution in [0.4, 0.5) is 15.8 Å². The van der Waals surface area contributed by atoms with Crippen molar-refractivity contribution in [1.82, 2.24) is 14.9 Å². The van der Waals surface area contributed by atoms with Crippen LogP contribution in [0.2, 0.25) is 0 Å². The largest absolute Gasteiger partial charge is 0.486 e. The summed E-state index contributed by atoms with van der Waals surface area (Å²) in [7, 11) is 0. The molecule has 9 nitrogen and oxygen atoms in total. The number of halogens is 1. The molecule has 0 spiro atoms. The summed E-state index contributed by atoms with van der Waals surface area (Å²) < 4.78 is 19.9. The van der Waals surface area contributed by atoms with Gasteiger partial charge in [-0.3, -0.25) is 14.5 Å². The number of amides is 2. The Hall–Kier alpha value is -3.60. The van der Waals surface area contributed by atoms with Crippen molar-refractivity contribution in [1.29, 1.82) is 0 Å². The Bertz CT molecular complexity index is 1200. The predicted molar refractivity (Wildman–Crippen MR) is 123 cm³/mol. The number of ether oxygens (including phenoxy) is 1. The van der Waals surface area contributed by atoms with Gasteiger partial charge < -0.3 is 15.9 Å². The van der Waals surface area contributed by atoms with Gasteiger partial charge in [0.25, 0.3) is 0 Å². The van der Waals surface area contributed by atoms with Crippen LogP contribution in [0.15, 0.2) is 53.7 Å². The molecule has 2 amide bonds. The molecule has 0 saturated carbocycles. The minimum atomic E-state index is -1.08. The Morgan fingerprint density at radius 3 is 2.64 bits per heavy atom. The van der Waals surface area contributed by atoms with Crippen molar-refractivity contribution in [2.45, 2.75) is 43.3 Å². The fourth-order valence-corrected chi connectivity index (χ4v) is 4.23. The second-order valence-electron chi connectivity index (χ2n) is 7.98. The van der Waals surface area contributed by atoms with Gasteiger partial charge in [-0.05, 0) is 57.2 Å². The van der Waals surface area contributed by atoms with E-state index in [0.29, 0.717) is 28.1 Å². The topological polar surface area (TPSA) is 115 Å². The van der Waals surface area contributed by atoms with Gasteiger partial charge in [0.05, 0.1) is 16.6 Å². The highest BCUT2D eigenvalue weighted by Crippen LogP contribution is 2.38. The number of hydrogen-bond donors (Lipinski definition) is 2. The van der Waals surface area contributed by atoms with Crippen LogP contribution in [0.3, 0.4) is 0 Å². The minimum absolute atomic E-state index is 0.0186. The van der Waals surface area contributed by atoms with Crippen LogP contribution in [-0.2, 0) is 16.2 Å². The summed E-state index contributed by atoms with van der Waals surface area (Å²) in [6, 6.07) is 12.7. The van der Waals surface area contributed by atoms with Crippen molar-refractivity contribution >= 4 is 35.0 Å². The van der Waals surface area contributed by atoms with Gasteiger partial charge in [0.2, 0.25) is 17.0 Å². The van der Waals surface area contributed by atoms with Crippen molar-refractivity contribution in [3.8, 4) is 5.75 Å². The molecule has 11 heteroatoms. The van der Waals surface area contributed by atoms with Crippen molar-refractivity contribution in [2.24, 2.45) is 0 Å². The van der Waals surface area contributed by atoms with Gasteiger partial charge in [-0.1, -0.05) is 23.9 Å². The maximum atomic E-state index is 13.5. The second-order valence-corrected chi connectivity index (χ2v) is 9.28. The molecule has 3 aromatic rings. The zero-order chi connectivity index (χ0) is 23.8. The number of hydrogen-bond acceptors (Lipinski definition) is 7. The number of anilines is 2. The quantitative estimate of drug-likeness (QED) is 0.420. The molecule has 1 aliphatic rings. The van der Waals surface area contributed by atoms with Gasteiger partial charge in [-0.25, -0.2) is 9.07 Å². The predicted octanol–water partition coefficient (Wildman–Crippen LogP) is 2.95. The fourth-order valence-electron chi connectivity index (χ4n) is 3.40. The average Bonchev–Trinajstić information content (AvgIpc) is 3.13. The minimum Gasteiger partial charge on any atom is -0.486 e. The van der Waals surface area contributed by atoms with Gasteiger partial charge >= 0.3 is 0 Å². The molecule has 1 aliphatic heterocycles. The number of thioether (sulfide) groups is 1. The van der Waals surface area contributed by atoms with Gasteiger partial charge in [0.15, 0.2) is 5.82 Å². The highest BCUT2D eigenvalue weighted by molar-refractivity contribution is 8.00. The van der Waals surface area contributed by atoms with Crippen molar-refractivity contribution in [2.75, 3.05) is 16.1 Å². The summed E-state index contributed by atoms with van der Waals surface area (Å²) in [6.45, 7) is 5.14. The number of para-hydroxylation sites is 2. The van der Waals surface area contributed by atoms with E-state index in [9.17, 15) is 14.0 Å². The number of fused-ring (bicyclic) bond motifs is 1. The Labute approximate surface area is 194 Å². The molecule has 33 heavy (non-hydrogen) atoms. The van der Waals surface area contributed by atoms with E-state index in [0.717, 1.165) is 11.8 Å². The Kier molecular flexibility index (Phi) is 5.98. The van der Waals surface area contributed by atoms with Gasteiger partial charge in [0, 0.05) is 0 Å². The van der Waals surface area contributed by atoms with E-state index in [1.807, 2.05) is 6.07 Å². The van der Waals surface area contributed by atoms with E-state index >= 15 is 0 Å². The lowest BCUT2D eigenvalue weighted by molar-refractivity contribution is -0.126. The molecule has 172 valence electrons. The lowest BCUT2D eigenvalue weighted by Gasteiger charge is -2.43. The standard InChI is InChI=1S/C22H23FN6O3S/c1-13(19(30)28-17-7-5-4-6-16(17)25-20(31)22(28,2)3)33-21-27-26-18(29(21)24)12-32-15-10-8-14(23)9-11-15/h4-11,13H,12,24H2,1-3H3,(H,25,31). The average molecular weight is 471 g/mol.